The van der Waals surface area contributed by atoms with Gasteiger partial charge in [0.1, 0.15) is 0 Å². The number of ether oxygens (including phenoxy) is 2. The molecule has 0 amide bonds. The molecule has 0 N–H and O–H groups in total. The summed E-state index contributed by atoms with van der Waals surface area (Å²) in [6, 6.07) is 0. The summed E-state index contributed by atoms with van der Waals surface area (Å²) in [5, 5.41) is 0. The number of unbranched alkanes of at least 4 members (excludes halogenated alkanes) is 2. The van der Waals surface area contributed by atoms with Gasteiger partial charge in [-0.3, -0.25) is 9.59 Å². The highest BCUT2D eigenvalue weighted by Crippen LogP contribution is 1.93. The Bertz CT molecular complexity index is 202. The van der Waals surface area contributed by atoms with E-state index < -0.39 is 0 Å². The van der Waals surface area contributed by atoms with Gasteiger partial charge in [0.05, 0.1) is 13.2 Å². The van der Waals surface area contributed by atoms with Crippen molar-refractivity contribution in [2.45, 2.75) is 66.2 Å². The zero-order valence-corrected chi connectivity index (χ0v) is 12.3. The highest BCUT2D eigenvalue weighted by molar-refractivity contribution is 5.69. The lowest BCUT2D eigenvalue weighted by Crippen LogP contribution is -2.04. The predicted octanol–water partition coefficient (Wildman–Crippen LogP) is 3.48. The average molecular weight is 260 g/mol. The van der Waals surface area contributed by atoms with Crippen LogP contribution in [0.25, 0.3) is 0 Å². The number of carbonyl (C=O) groups is 2. The number of esters is 2. The second-order valence-electron chi connectivity index (χ2n) is 4.02. The Balaban J connectivity index is 0. The normalized spacial score (nSPS) is 9.11. The summed E-state index contributed by atoms with van der Waals surface area (Å²) < 4.78 is 9.53. The number of carbonyl (C=O) groups excluding carboxylic acids is 2. The molecule has 4 heteroatoms. The van der Waals surface area contributed by atoms with Crippen molar-refractivity contribution in [2.75, 3.05) is 13.2 Å². The summed E-state index contributed by atoms with van der Waals surface area (Å²) in [7, 11) is 0. The molecule has 0 aromatic heterocycles. The second kappa shape index (κ2) is 15.9. The Labute approximate surface area is 111 Å². The van der Waals surface area contributed by atoms with Crippen LogP contribution in [0.5, 0.6) is 0 Å². The lowest BCUT2D eigenvalue weighted by atomic mass is 10.3. The quantitative estimate of drug-likeness (QED) is 0.495. The summed E-state index contributed by atoms with van der Waals surface area (Å²) in [6.45, 7) is 8.70. The van der Waals surface area contributed by atoms with Crippen LogP contribution >= 0.6 is 0 Å². The van der Waals surface area contributed by atoms with E-state index in [1.54, 1.807) is 0 Å². The van der Waals surface area contributed by atoms with Crippen LogP contribution in [-0.4, -0.2) is 25.2 Å². The molecule has 108 valence electrons. The second-order valence-corrected chi connectivity index (χ2v) is 4.02. The van der Waals surface area contributed by atoms with Gasteiger partial charge in [0.15, 0.2) is 0 Å². The van der Waals surface area contributed by atoms with Gasteiger partial charge >= 0.3 is 11.9 Å². The van der Waals surface area contributed by atoms with E-state index in [2.05, 4.69) is 18.6 Å². The fraction of sp³-hybridized carbons (Fsp3) is 0.857. The molecule has 0 radical (unpaired) electrons. The lowest BCUT2D eigenvalue weighted by Gasteiger charge is -2.00. The van der Waals surface area contributed by atoms with Crippen LogP contribution in [0.3, 0.4) is 0 Å². The molecule has 0 saturated carbocycles. The maximum atomic E-state index is 10.7. The molecular formula is C14H28O4. The third kappa shape index (κ3) is 20.4. The first-order valence-electron chi connectivity index (χ1n) is 6.87. The standard InChI is InChI=1S/C8H16O2.C6H12O2/c1-3-5-7-10-8(9)6-4-2;1-3-4-5-8-6(2)7/h3-7H2,1-2H3;3-5H2,1-2H3. The first-order chi connectivity index (χ1) is 8.58. The topological polar surface area (TPSA) is 52.6 Å². The van der Waals surface area contributed by atoms with Crippen molar-refractivity contribution < 1.29 is 19.1 Å². The molecule has 0 saturated heterocycles. The van der Waals surface area contributed by atoms with Gasteiger partial charge in [-0.25, -0.2) is 0 Å². The number of hydrogen-bond donors (Lipinski definition) is 0. The summed E-state index contributed by atoms with van der Waals surface area (Å²) in [6.07, 6.45) is 5.55. The highest BCUT2D eigenvalue weighted by Gasteiger charge is 1.97. The van der Waals surface area contributed by atoms with Crippen LogP contribution < -0.4 is 0 Å². The minimum Gasteiger partial charge on any atom is -0.466 e. The van der Waals surface area contributed by atoms with E-state index >= 15 is 0 Å². The molecule has 4 nitrogen and oxygen atoms in total. The molecule has 0 fully saturated rings. The van der Waals surface area contributed by atoms with E-state index in [1.165, 1.54) is 6.92 Å². The minimum absolute atomic E-state index is 0.0593. The molecule has 0 aliphatic heterocycles. The third-order valence-electron chi connectivity index (χ3n) is 2.02. The molecule has 0 rings (SSSR count). The van der Waals surface area contributed by atoms with E-state index in [1.807, 2.05) is 6.92 Å². The van der Waals surface area contributed by atoms with E-state index in [0.717, 1.165) is 32.1 Å². The summed E-state index contributed by atoms with van der Waals surface area (Å²) in [5.74, 6) is -0.241. The fourth-order valence-electron chi connectivity index (χ4n) is 0.967. The van der Waals surface area contributed by atoms with E-state index in [0.29, 0.717) is 19.6 Å². The van der Waals surface area contributed by atoms with Crippen molar-refractivity contribution in [2.24, 2.45) is 0 Å². The molecule has 0 aromatic rings. The van der Waals surface area contributed by atoms with Crippen molar-refractivity contribution in [3.05, 3.63) is 0 Å². The van der Waals surface area contributed by atoms with Crippen LogP contribution in [0.15, 0.2) is 0 Å². The molecule has 0 unspecified atom stereocenters. The Morgan fingerprint density at radius 1 is 0.833 bits per heavy atom. The van der Waals surface area contributed by atoms with Gasteiger partial charge in [0.2, 0.25) is 0 Å². The van der Waals surface area contributed by atoms with Gasteiger partial charge in [-0.1, -0.05) is 33.6 Å². The van der Waals surface area contributed by atoms with Crippen molar-refractivity contribution in [3.8, 4) is 0 Å². The Hall–Kier alpha value is -1.06. The molecule has 18 heavy (non-hydrogen) atoms. The first kappa shape index (κ1) is 19.3. The average Bonchev–Trinajstić information content (AvgIpc) is 2.30. The molecule has 0 heterocycles. The van der Waals surface area contributed by atoms with Crippen LogP contribution in [0, 0.1) is 0 Å². The molecule has 0 aliphatic rings. The predicted molar refractivity (Wildman–Crippen MR) is 72.3 cm³/mol. The van der Waals surface area contributed by atoms with Gasteiger partial charge in [-0.05, 0) is 19.3 Å². The summed E-state index contributed by atoms with van der Waals surface area (Å²) in [5.41, 5.74) is 0. The molecule has 0 atom stereocenters. The van der Waals surface area contributed by atoms with Crippen molar-refractivity contribution in [1.82, 2.24) is 0 Å². The zero-order chi connectivity index (χ0) is 14.2. The lowest BCUT2D eigenvalue weighted by molar-refractivity contribution is -0.144. The maximum absolute atomic E-state index is 10.7. The van der Waals surface area contributed by atoms with Gasteiger partial charge < -0.3 is 9.47 Å². The minimum atomic E-state index is -0.182. The molecule has 0 bridgehead atoms. The SMILES string of the molecule is CCCCOC(=O)CCC.CCCCOC(C)=O. The highest BCUT2D eigenvalue weighted by atomic mass is 16.5. The van der Waals surface area contributed by atoms with Crippen molar-refractivity contribution in [3.63, 3.8) is 0 Å². The fourth-order valence-corrected chi connectivity index (χ4v) is 0.967. The van der Waals surface area contributed by atoms with E-state index in [-0.39, 0.29) is 11.9 Å². The maximum Gasteiger partial charge on any atom is 0.305 e. The van der Waals surface area contributed by atoms with Crippen LogP contribution in [0.1, 0.15) is 66.2 Å². The van der Waals surface area contributed by atoms with Crippen LogP contribution in [0.4, 0.5) is 0 Å². The monoisotopic (exact) mass is 260 g/mol. The van der Waals surface area contributed by atoms with Crippen LogP contribution in [-0.2, 0) is 19.1 Å². The molecule has 0 aliphatic carbocycles. The van der Waals surface area contributed by atoms with Crippen molar-refractivity contribution >= 4 is 11.9 Å². The van der Waals surface area contributed by atoms with Gasteiger partial charge in [0, 0.05) is 13.3 Å². The van der Waals surface area contributed by atoms with E-state index in [9.17, 15) is 9.59 Å². The zero-order valence-electron chi connectivity index (χ0n) is 12.3. The number of rotatable bonds is 8. The first-order valence-corrected chi connectivity index (χ1v) is 6.87. The Kier molecular flexibility index (Phi) is 17.1. The molecule has 0 aromatic carbocycles. The summed E-state index contributed by atoms with van der Waals surface area (Å²) in [4.78, 5) is 20.8. The summed E-state index contributed by atoms with van der Waals surface area (Å²) >= 11 is 0. The Morgan fingerprint density at radius 3 is 1.72 bits per heavy atom. The Morgan fingerprint density at radius 2 is 1.33 bits per heavy atom. The van der Waals surface area contributed by atoms with Gasteiger partial charge in [0.25, 0.3) is 0 Å². The number of hydrogen-bond acceptors (Lipinski definition) is 4. The molecule has 0 spiro atoms. The third-order valence-corrected chi connectivity index (χ3v) is 2.02. The van der Waals surface area contributed by atoms with Crippen molar-refractivity contribution in [1.29, 1.82) is 0 Å². The van der Waals surface area contributed by atoms with Crippen LogP contribution in [0.2, 0.25) is 0 Å². The molecular weight excluding hydrogens is 232 g/mol. The van der Waals surface area contributed by atoms with E-state index in [4.69, 9.17) is 4.74 Å². The smallest absolute Gasteiger partial charge is 0.305 e. The largest absolute Gasteiger partial charge is 0.466 e. The van der Waals surface area contributed by atoms with Gasteiger partial charge in [-0.15, -0.1) is 0 Å². The van der Waals surface area contributed by atoms with Gasteiger partial charge in [-0.2, -0.15) is 0 Å².